The van der Waals surface area contributed by atoms with Crippen LogP contribution in [0.5, 0.6) is 0 Å². The highest BCUT2D eigenvalue weighted by Gasteiger charge is 2.69. The molecule has 7 aliphatic rings. The summed E-state index contributed by atoms with van der Waals surface area (Å²) in [4.78, 5) is 29.6. The molecule has 0 radical (unpaired) electrons. The van der Waals surface area contributed by atoms with Crippen molar-refractivity contribution in [2.24, 2.45) is 56.7 Å². The average Bonchev–Trinajstić information content (AvgIpc) is 3.55. The summed E-state index contributed by atoms with van der Waals surface area (Å²) >= 11 is 0. The van der Waals surface area contributed by atoms with E-state index in [0.29, 0.717) is 62.3 Å². The van der Waals surface area contributed by atoms with Gasteiger partial charge in [0.15, 0.2) is 15.6 Å². The number of hydrogen-bond acceptors (Lipinski definition) is 7. The monoisotopic (exact) mass is 831 g/mol. The zero-order valence-corrected chi connectivity index (χ0v) is 37.8. The number of halogens is 1. The van der Waals surface area contributed by atoms with Crippen LogP contribution in [0, 0.1) is 56.7 Å². The van der Waals surface area contributed by atoms with Gasteiger partial charge in [0.05, 0.1) is 16.9 Å². The van der Waals surface area contributed by atoms with Crippen LogP contribution in [0.3, 0.4) is 0 Å². The predicted molar refractivity (Wildman–Crippen MR) is 233 cm³/mol. The number of Topliss-reactive ketones (excluding diaryl/α,β-unsaturated/α-hetero) is 1. The molecule has 6 aliphatic carbocycles. The summed E-state index contributed by atoms with van der Waals surface area (Å²) in [5.41, 5.74) is 5.26. The third-order valence-electron chi connectivity index (χ3n) is 18.1. The fourth-order valence-electron chi connectivity index (χ4n) is 14.8. The first-order valence-corrected chi connectivity index (χ1v) is 24.8. The molecule has 7 nitrogen and oxygen atoms in total. The van der Waals surface area contributed by atoms with Crippen LogP contribution in [-0.4, -0.2) is 75.5 Å². The van der Waals surface area contributed by atoms with Gasteiger partial charge in [-0.2, -0.15) is 0 Å². The molecule has 59 heavy (non-hydrogen) atoms. The van der Waals surface area contributed by atoms with Crippen LogP contribution in [0.15, 0.2) is 64.8 Å². The maximum absolute atomic E-state index is 14.8. The molecular weight excluding hydrogens is 760 g/mol. The van der Waals surface area contributed by atoms with Crippen molar-refractivity contribution in [2.75, 3.05) is 44.4 Å². The van der Waals surface area contributed by atoms with E-state index in [-0.39, 0.29) is 57.7 Å². The molecule has 9 atom stereocenters. The summed E-state index contributed by atoms with van der Waals surface area (Å²) in [6.45, 7) is 19.5. The van der Waals surface area contributed by atoms with Gasteiger partial charge in [0.1, 0.15) is 13.3 Å². The molecule has 8 rings (SSSR count). The van der Waals surface area contributed by atoms with Gasteiger partial charge in [-0.15, -0.1) is 0 Å². The number of hydrogen-bond donors (Lipinski definition) is 1. The smallest absolute Gasteiger partial charge is 0.315 e. The lowest BCUT2D eigenvalue weighted by Gasteiger charge is -2.71. The second-order valence-corrected chi connectivity index (χ2v) is 23.9. The first-order valence-electron chi connectivity index (χ1n) is 23.0. The Kier molecular flexibility index (Phi) is 11.4. The number of alkyl halides is 1. The summed E-state index contributed by atoms with van der Waals surface area (Å²) in [7, 11) is -2.92. The van der Waals surface area contributed by atoms with Gasteiger partial charge in [-0.1, -0.05) is 96.5 Å². The Morgan fingerprint density at radius 2 is 1.68 bits per heavy atom. The highest BCUT2D eigenvalue weighted by molar-refractivity contribution is 7.91. The van der Waals surface area contributed by atoms with Gasteiger partial charge >= 0.3 is 5.97 Å². The summed E-state index contributed by atoms with van der Waals surface area (Å²) in [6.07, 6.45) is 13.6. The number of allylic oxidation sites excluding steroid dienone is 5. The van der Waals surface area contributed by atoms with Crippen molar-refractivity contribution >= 4 is 21.6 Å². The van der Waals surface area contributed by atoms with E-state index in [9.17, 15) is 22.4 Å². The van der Waals surface area contributed by atoms with E-state index < -0.39 is 27.9 Å². The standard InChI is InChI=1S/C50H71FN2O5S/c1-33(2)43-40(54)29-36-39(52-23-24-53-25-27-59(56,57)28-26-53)30-49(7)38(44(36)43)13-14-42-47(5)19-17-37(46(3,4)41(47)18-20-48(42,49)6)35-15-21-50(32-51,22-16-35)45(55)58-31-34-11-9-8-10-12-34/h8-12,15,17,33,36,38-39,41-42,52H,13-14,16,18-32H2,1-7H3/t36?,38-,39+,41+,42-,47+,48-,49-,50-/m1/s1. The van der Waals surface area contributed by atoms with Gasteiger partial charge < -0.3 is 15.0 Å². The number of benzene rings is 1. The Bertz CT molecular complexity index is 2010. The summed E-state index contributed by atoms with van der Waals surface area (Å²) in [6, 6.07) is 9.84. The third-order valence-corrected chi connectivity index (χ3v) is 19.7. The Balaban J connectivity index is 1.03. The first kappa shape index (κ1) is 43.0. The van der Waals surface area contributed by atoms with E-state index in [2.05, 4.69) is 70.8 Å². The van der Waals surface area contributed by atoms with Gasteiger partial charge in [-0.3, -0.25) is 9.59 Å². The molecule has 1 unspecified atom stereocenters. The number of rotatable bonds is 10. The summed E-state index contributed by atoms with van der Waals surface area (Å²) in [5.74, 6) is 2.33. The highest BCUT2D eigenvalue weighted by atomic mass is 32.2. The third kappa shape index (κ3) is 7.17. The Labute approximate surface area is 354 Å². The number of sulfone groups is 1. The molecule has 1 saturated heterocycles. The number of ketones is 1. The molecule has 9 heteroatoms. The molecule has 1 N–H and O–H groups in total. The van der Waals surface area contributed by atoms with Crippen molar-refractivity contribution in [1.82, 2.24) is 10.2 Å². The molecule has 4 fully saturated rings. The maximum atomic E-state index is 14.8. The lowest BCUT2D eigenvalue weighted by molar-refractivity contribution is -0.197. The highest BCUT2D eigenvalue weighted by Crippen LogP contribution is 2.75. The topological polar surface area (TPSA) is 92.8 Å². The van der Waals surface area contributed by atoms with Crippen LogP contribution in [0.25, 0.3) is 0 Å². The summed E-state index contributed by atoms with van der Waals surface area (Å²) in [5, 5.41) is 4.02. The minimum absolute atomic E-state index is 0.0300. The number of carbonyl (C=O) groups excluding carboxylic acids is 2. The number of carbonyl (C=O) groups is 2. The number of fused-ring (bicyclic) bond motifs is 7. The number of ether oxygens (including phenoxy) is 1. The van der Waals surface area contributed by atoms with E-state index in [0.717, 1.165) is 56.3 Å². The maximum Gasteiger partial charge on any atom is 0.315 e. The van der Waals surface area contributed by atoms with Crippen molar-refractivity contribution in [3.8, 4) is 0 Å². The second-order valence-electron chi connectivity index (χ2n) is 21.6. The van der Waals surface area contributed by atoms with Gasteiger partial charge in [-0.05, 0) is 125 Å². The van der Waals surface area contributed by atoms with Gasteiger partial charge in [0.2, 0.25) is 0 Å². The largest absolute Gasteiger partial charge is 0.460 e. The van der Waals surface area contributed by atoms with E-state index in [1.54, 1.807) is 0 Å². The number of nitrogens with zero attached hydrogens (tertiary/aromatic N) is 1. The Morgan fingerprint density at radius 1 is 0.949 bits per heavy atom. The molecular formula is C50H71FN2O5S. The second kappa shape index (κ2) is 15.6. The average molecular weight is 831 g/mol. The Hall–Kier alpha value is -2.62. The molecule has 3 saturated carbocycles. The SMILES string of the molecule is CC(C)C1=C2C(CC1=O)[C@@H](NCCN1CCS(=O)(=O)CC1)C[C@]1(C)[C@@H]2CC[C@@H]2[C@@]3(C)CC=C(C4=CC[C@@](CF)(C(=O)OCc5ccccc5)CC4)C(C)(C)[C@@H]3CC[C@]21C. The van der Waals surface area contributed by atoms with E-state index in [1.165, 1.54) is 23.1 Å². The quantitative estimate of drug-likeness (QED) is 0.235. The molecule has 0 amide bonds. The number of nitrogens with one attached hydrogen (secondary N) is 1. The van der Waals surface area contributed by atoms with E-state index in [4.69, 9.17) is 4.74 Å². The summed E-state index contributed by atoms with van der Waals surface area (Å²) < 4.78 is 44.7. The van der Waals surface area contributed by atoms with Crippen LogP contribution in [0.1, 0.15) is 118 Å². The van der Waals surface area contributed by atoms with Crippen LogP contribution in [0.2, 0.25) is 0 Å². The first-order chi connectivity index (χ1) is 27.9. The van der Waals surface area contributed by atoms with E-state index in [1.807, 2.05) is 30.3 Å². The lowest BCUT2D eigenvalue weighted by atomic mass is 9.33. The fourth-order valence-corrected chi connectivity index (χ4v) is 16.1. The molecule has 324 valence electrons. The van der Waals surface area contributed by atoms with Crippen molar-refractivity contribution in [3.63, 3.8) is 0 Å². The molecule has 0 spiro atoms. The minimum atomic E-state index is -2.92. The van der Waals surface area contributed by atoms with Crippen LogP contribution in [0.4, 0.5) is 4.39 Å². The zero-order valence-electron chi connectivity index (χ0n) is 37.0. The van der Waals surface area contributed by atoms with Crippen molar-refractivity contribution in [3.05, 3.63) is 70.3 Å². The van der Waals surface area contributed by atoms with Crippen molar-refractivity contribution in [2.45, 2.75) is 125 Å². The predicted octanol–water partition coefficient (Wildman–Crippen LogP) is 9.24. The molecule has 1 aromatic carbocycles. The van der Waals surface area contributed by atoms with Gasteiger partial charge in [-0.25, -0.2) is 12.8 Å². The lowest BCUT2D eigenvalue weighted by Crippen LogP contribution is -2.65. The van der Waals surface area contributed by atoms with E-state index >= 15 is 0 Å². The molecule has 0 aromatic heterocycles. The normalized spacial score (nSPS) is 39.1. The van der Waals surface area contributed by atoms with Crippen LogP contribution >= 0.6 is 0 Å². The van der Waals surface area contributed by atoms with Crippen LogP contribution in [-0.2, 0) is 30.8 Å². The number of esters is 1. The van der Waals surface area contributed by atoms with Crippen LogP contribution < -0.4 is 5.32 Å². The van der Waals surface area contributed by atoms with Crippen molar-refractivity contribution < 1.29 is 27.1 Å². The fraction of sp³-hybridized carbons (Fsp3) is 0.720. The molecule has 0 bridgehead atoms. The molecule has 1 aliphatic heterocycles. The van der Waals surface area contributed by atoms with Gasteiger partial charge in [0.25, 0.3) is 0 Å². The van der Waals surface area contributed by atoms with Gasteiger partial charge in [0, 0.05) is 44.6 Å². The zero-order chi connectivity index (χ0) is 42.2. The Morgan fingerprint density at radius 3 is 2.34 bits per heavy atom. The molecule has 1 aromatic rings. The minimum Gasteiger partial charge on any atom is -0.460 e. The van der Waals surface area contributed by atoms with Crippen molar-refractivity contribution in [1.29, 1.82) is 0 Å². The molecule has 1 heterocycles.